The molecule has 4 aliphatic carbocycles. The number of hydrogen-bond donors (Lipinski definition) is 1. The summed E-state index contributed by atoms with van der Waals surface area (Å²) in [6.07, 6.45) is 21.3. The molecule has 0 spiro atoms. The van der Waals surface area contributed by atoms with Crippen LogP contribution in [0.4, 0.5) is 0 Å². The van der Waals surface area contributed by atoms with Gasteiger partial charge in [0.2, 0.25) is 5.91 Å². The molecule has 0 aromatic carbocycles. The topological polar surface area (TPSA) is 29.1 Å². The van der Waals surface area contributed by atoms with Crippen molar-refractivity contribution < 1.29 is 26.3 Å². The molecule has 5 fully saturated rings. The molecular weight excluding hydrogens is 520 g/mol. The van der Waals surface area contributed by atoms with E-state index in [1.165, 1.54) is 90.1 Å². The second-order valence-electron chi connectivity index (χ2n) is 14.7. The van der Waals surface area contributed by atoms with Crippen molar-refractivity contribution in [2.75, 3.05) is 32.7 Å². The van der Waals surface area contributed by atoms with E-state index in [9.17, 15) is 4.79 Å². The fourth-order valence-corrected chi connectivity index (χ4v) is 11.1. The van der Waals surface area contributed by atoms with Crippen LogP contribution in [0.25, 0.3) is 0 Å². The predicted molar refractivity (Wildman–Crippen MR) is 150 cm³/mol. The van der Waals surface area contributed by atoms with E-state index in [0.29, 0.717) is 23.2 Å². The van der Waals surface area contributed by atoms with Crippen LogP contribution in [0.15, 0.2) is 12.7 Å². The number of quaternary nitrogens is 1. The third-order valence-electron chi connectivity index (χ3n) is 13.1. The van der Waals surface area contributed by atoms with E-state index in [0.717, 1.165) is 60.1 Å². The number of halogens is 1. The molecule has 0 radical (unpaired) electrons. The lowest BCUT2D eigenvalue weighted by molar-refractivity contribution is -0.910. The maximum Gasteiger partial charge on any atom is 0.220 e. The molecule has 37 heavy (non-hydrogen) atoms. The summed E-state index contributed by atoms with van der Waals surface area (Å²) >= 11 is 0. The second-order valence-corrected chi connectivity index (χ2v) is 14.7. The Morgan fingerprint density at radius 2 is 1.73 bits per heavy atom. The van der Waals surface area contributed by atoms with Gasteiger partial charge in [-0.05, 0) is 110 Å². The average Bonchev–Trinajstić information content (AvgIpc) is 3.46. The molecule has 4 heteroatoms. The van der Waals surface area contributed by atoms with Crippen LogP contribution >= 0.6 is 0 Å². The van der Waals surface area contributed by atoms with Crippen LogP contribution in [0, 0.1) is 46.3 Å². The highest BCUT2D eigenvalue weighted by molar-refractivity contribution is 5.75. The third kappa shape index (κ3) is 5.63. The van der Waals surface area contributed by atoms with E-state index < -0.39 is 0 Å². The number of carbonyl (C=O) groups is 1. The Hall–Kier alpha value is -0.350. The van der Waals surface area contributed by atoms with Gasteiger partial charge in [0, 0.05) is 19.3 Å². The van der Waals surface area contributed by atoms with Crippen LogP contribution in [0.5, 0.6) is 0 Å². The Morgan fingerprint density at radius 1 is 0.973 bits per heavy atom. The highest BCUT2D eigenvalue weighted by atomic mass is 79.9. The molecule has 5 rings (SSSR count). The van der Waals surface area contributed by atoms with E-state index in [2.05, 4.69) is 38.7 Å². The number of rotatable bonds is 9. The highest BCUT2D eigenvalue weighted by Crippen LogP contribution is 2.68. The number of nitrogens with one attached hydrogen (secondary N) is 1. The molecule has 3 nitrogen and oxygen atoms in total. The molecule has 5 aliphatic rings. The van der Waals surface area contributed by atoms with Crippen LogP contribution in [0.3, 0.4) is 0 Å². The fourth-order valence-electron chi connectivity index (χ4n) is 11.1. The van der Waals surface area contributed by atoms with Gasteiger partial charge < -0.3 is 26.8 Å². The van der Waals surface area contributed by atoms with Gasteiger partial charge in [0.15, 0.2) is 0 Å². The predicted octanol–water partition coefficient (Wildman–Crippen LogP) is 4.37. The van der Waals surface area contributed by atoms with E-state index in [1.807, 2.05) is 0 Å². The minimum atomic E-state index is 0. The largest absolute Gasteiger partial charge is 1.00 e. The normalized spacial score (nSPS) is 41.0. The van der Waals surface area contributed by atoms with Gasteiger partial charge in [0.1, 0.15) is 0 Å². The van der Waals surface area contributed by atoms with Gasteiger partial charge in [0.05, 0.1) is 32.7 Å². The summed E-state index contributed by atoms with van der Waals surface area (Å²) in [4.78, 5) is 12.8. The molecule has 0 bridgehead atoms. The molecule has 0 aromatic heterocycles. The van der Waals surface area contributed by atoms with Gasteiger partial charge in [-0.1, -0.05) is 40.2 Å². The van der Waals surface area contributed by atoms with E-state index in [1.54, 1.807) is 0 Å². The Balaban J connectivity index is 0.00000320. The third-order valence-corrected chi connectivity index (χ3v) is 13.1. The molecule has 212 valence electrons. The molecular formula is C33H57BrN2O. The van der Waals surface area contributed by atoms with Gasteiger partial charge in [-0.15, -0.1) is 0 Å². The van der Waals surface area contributed by atoms with Gasteiger partial charge in [-0.3, -0.25) is 4.79 Å². The quantitative estimate of drug-likeness (QED) is 0.320. The van der Waals surface area contributed by atoms with Gasteiger partial charge in [0.25, 0.3) is 0 Å². The number of carbonyl (C=O) groups excluding carboxylic acids is 1. The standard InChI is InChI=1S/C33H56N2O.BrH/c1-5-21-35(22-8-9-23-35)24-20-34-31(36)16-11-25(2)28-14-15-29-27-13-12-26-10-6-7-18-32(26,3)30(27)17-19-33(28,29)4;/h5,25-30H,1,6-24H2,2-4H3;1H/t25-,26?,27+,28-,29+,30+,32+,33-;/m1./s1. The summed E-state index contributed by atoms with van der Waals surface area (Å²) in [6, 6.07) is 0. The first kappa shape index (κ1) is 29.6. The summed E-state index contributed by atoms with van der Waals surface area (Å²) in [7, 11) is 0. The SMILES string of the molecule is C=CC[N+]1(CCNC(=O)CC[C@@H](C)[C@H]2CC[C@H]3[C@@H]4CCC5CCCC[C@]5(C)[C@H]4CC[C@]23C)CCCC1.[Br-]. The maximum absolute atomic E-state index is 12.8. The van der Waals surface area contributed by atoms with Crippen LogP contribution in [-0.2, 0) is 4.79 Å². The van der Waals surface area contributed by atoms with Gasteiger partial charge in [-0.2, -0.15) is 0 Å². The Bertz CT molecular complexity index is 793. The number of nitrogens with zero attached hydrogens (tertiary/aromatic N) is 1. The molecule has 1 unspecified atom stereocenters. The average molecular weight is 578 g/mol. The summed E-state index contributed by atoms with van der Waals surface area (Å²) in [5.74, 6) is 5.72. The van der Waals surface area contributed by atoms with Crippen molar-refractivity contribution in [3.8, 4) is 0 Å². The summed E-state index contributed by atoms with van der Waals surface area (Å²) < 4.78 is 1.13. The first-order chi connectivity index (χ1) is 17.3. The van der Waals surface area contributed by atoms with E-state index >= 15 is 0 Å². The van der Waals surface area contributed by atoms with Crippen LogP contribution < -0.4 is 22.3 Å². The Kier molecular flexibility index (Phi) is 9.63. The maximum atomic E-state index is 12.8. The minimum Gasteiger partial charge on any atom is -1.00 e. The fraction of sp³-hybridized carbons (Fsp3) is 0.909. The van der Waals surface area contributed by atoms with E-state index in [4.69, 9.17) is 0 Å². The second kappa shape index (κ2) is 12.0. The molecule has 1 N–H and O–H groups in total. The molecule has 8 atom stereocenters. The van der Waals surface area contributed by atoms with Crippen molar-refractivity contribution in [1.82, 2.24) is 5.32 Å². The first-order valence-corrected chi connectivity index (χ1v) is 16.0. The molecule has 1 heterocycles. The summed E-state index contributed by atoms with van der Waals surface area (Å²) in [5.41, 5.74) is 1.16. The van der Waals surface area contributed by atoms with Crippen LogP contribution in [0.1, 0.15) is 111 Å². The van der Waals surface area contributed by atoms with Crippen molar-refractivity contribution in [2.24, 2.45) is 46.3 Å². The molecule has 1 amide bonds. The minimum absolute atomic E-state index is 0. The monoisotopic (exact) mass is 576 g/mol. The zero-order chi connectivity index (χ0) is 25.4. The lowest BCUT2D eigenvalue weighted by atomic mass is 9.44. The van der Waals surface area contributed by atoms with Gasteiger partial charge >= 0.3 is 0 Å². The van der Waals surface area contributed by atoms with Crippen LogP contribution in [-0.4, -0.2) is 43.1 Å². The molecule has 1 saturated heterocycles. The lowest BCUT2D eigenvalue weighted by Crippen LogP contribution is -3.00. The van der Waals surface area contributed by atoms with Crippen molar-refractivity contribution in [2.45, 2.75) is 111 Å². The zero-order valence-corrected chi connectivity index (χ0v) is 26.0. The zero-order valence-electron chi connectivity index (χ0n) is 24.4. The highest BCUT2D eigenvalue weighted by Gasteiger charge is 2.60. The molecule has 0 aromatic rings. The number of fused-ring (bicyclic) bond motifs is 5. The van der Waals surface area contributed by atoms with E-state index in [-0.39, 0.29) is 22.9 Å². The lowest BCUT2D eigenvalue weighted by Gasteiger charge is -2.61. The Morgan fingerprint density at radius 3 is 2.49 bits per heavy atom. The summed E-state index contributed by atoms with van der Waals surface area (Å²) in [5, 5.41) is 3.28. The molecule has 1 aliphatic heterocycles. The number of amides is 1. The molecule has 4 saturated carbocycles. The first-order valence-electron chi connectivity index (χ1n) is 16.0. The van der Waals surface area contributed by atoms with Crippen molar-refractivity contribution in [3.05, 3.63) is 12.7 Å². The van der Waals surface area contributed by atoms with Crippen molar-refractivity contribution >= 4 is 5.91 Å². The summed E-state index contributed by atoms with van der Waals surface area (Å²) in [6.45, 7) is 17.3. The number of likely N-dealkylation sites (tertiary alicyclic amines) is 1. The smallest absolute Gasteiger partial charge is 0.220 e. The van der Waals surface area contributed by atoms with Crippen molar-refractivity contribution in [1.29, 1.82) is 0 Å². The van der Waals surface area contributed by atoms with Gasteiger partial charge in [-0.25, -0.2) is 0 Å². The Labute approximate surface area is 239 Å². The number of hydrogen-bond acceptors (Lipinski definition) is 1. The van der Waals surface area contributed by atoms with Crippen molar-refractivity contribution in [3.63, 3.8) is 0 Å². The van der Waals surface area contributed by atoms with Crippen LogP contribution in [0.2, 0.25) is 0 Å².